The van der Waals surface area contributed by atoms with Crippen molar-refractivity contribution in [3.05, 3.63) is 29.3 Å². The van der Waals surface area contributed by atoms with Gasteiger partial charge in [-0.25, -0.2) is 0 Å². The van der Waals surface area contributed by atoms with Crippen molar-refractivity contribution in [3.63, 3.8) is 0 Å². The van der Waals surface area contributed by atoms with Gasteiger partial charge in [0.1, 0.15) is 0 Å². The summed E-state index contributed by atoms with van der Waals surface area (Å²) < 4.78 is 0. The molecular weight excluding hydrogens is 250 g/mol. The van der Waals surface area contributed by atoms with Gasteiger partial charge in [-0.05, 0) is 56.8 Å². The fraction of sp³-hybridized carbons (Fsp3) is 0.562. The Labute approximate surface area is 121 Å². The molecule has 2 rings (SSSR count). The van der Waals surface area contributed by atoms with Gasteiger partial charge in [0.25, 0.3) is 0 Å². The highest BCUT2D eigenvalue weighted by molar-refractivity contribution is 5.81. The molecule has 1 fully saturated rings. The maximum atomic E-state index is 11.9. The van der Waals surface area contributed by atoms with Crippen LogP contribution in [-0.2, 0) is 4.79 Å². The van der Waals surface area contributed by atoms with E-state index in [9.17, 15) is 4.79 Å². The van der Waals surface area contributed by atoms with Crippen molar-refractivity contribution in [1.29, 1.82) is 0 Å². The van der Waals surface area contributed by atoms with Gasteiger partial charge in [-0.15, -0.1) is 0 Å². The van der Waals surface area contributed by atoms with E-state index in [1.165, 1.54) is 24.0 Å². The fourth-order valence-electron chi connectivity index (χ4n) is 2.68. The van der Waals surface area contributed by atoms with Crippen LogP contribution in [-0.4, -0.2) is 32.1 Å². The molecular formula is C16H25N3O. The zero-order valence-electron chi connectivity index (χ0n) is 12.5. The number of hydrogen-bond acceptors (Lipinski definition) is 3. The van der Waals surface area contributed by atoms with Crippen LogP contribution in [0.25, 0.3) is 0 Å². The summed E-state index contributed by atoms with van der Waals surface area (Å²) >= 11 is 0. The molecule has 1 saturated heterocycles. The maximum absolute atomic E-state index is 11.9. The van der Waals surface area contributed by atoms with E-state index in [-0.39, 0.29) is 5.91 Å². The topological polar surface area (TPSA) is 53.2 Å². The van der Waals surface area contributed by atoms with E-state index in [4.69, 9.17) is 0 Å². The molecule has 110 valence electrons. The number of carbonyl (C=O) groups is 1. The molecule has 1 aliphatic rings. The monoisotopic (exact) mass is 275 g/mol. The third kappa shape index (κ3) is 4.23. The zero-order valence-corrected chi connectivity index (χ0v) is 12.5. The molecule has 0 bridgehead atoms. The number of aryl methyl sites for hydroxylation is 2. The predicted octanol–water partition coefficient (Wildman–Crippen LogP) is 1.83. The molecule has 1 amide bonds. The van der Waals surface area contributed by atoms with Gasteiger partial charge in [-0.1, -0.05) is 18.2 Å². The molecule has 1 aromatic rings. The minimum absolute atomic E-state index is 0.0678. The largest absolute Gasteiger partial charge is 0.376 e. The van der Waals surface area contributed by atoms with E-state index in [1.54, 1.807) is 0 Å². The molecule has 0 spiro atoms. The predicted molar refractivity (Wildman–Crippen MR) is 83.0 cm³/mol. The Bertz CT molecular complexity index is 433. The zero-order chi connectivity index (χ0) is 14.4. The number of piperidine rings is 1. The molecule has 1 unspecified atom stereocenters. The summed E-state index contributed by atoms with van der Waals surface area (Å²) in [7, 11) is 0. The molecule has 0 saturated carbocycles. The Morgan fingerprint density at radius 1 is 1.35 bits per heavy atom. The first-order chi connectivity index (χ1) is 9.66. The molecule has 20 heavy (non-hydrogen) atoms. The molecule has 4 heteroatoms. The molecule has 1 heterocycles. The lowest BCUT2D eigenvalue weighted by atomic mass is 10.00. The second-order valence-corrected chi connectivity index (χ2v) is 5.64. The van der Waals surface area contributed by atoms with Crippen LogP contribution in [0.1, 0.15) is 24.0 Å². The Kier molecular flexibility index (Phi) is 5.41. The second-order valence-electron chi connectivity index (χ2n) is 5.64. The SMILES string of the molecule is Cc1cccc(C)c1NCC(=O)NCC1CCCNC1. The quantitative estimate of drug-likeness (QED) is 0.768. The van der Waals surface area contributed by atoms with Crippen LogP contribution < -0.4 is 16.0 Å². The molecule has 1 aliphatic heterocycles. The van der Waals surface area contributed by atoms with Crippen molar-refractivity contribution in [2.45, 2.75) is 26.7 Å². The third-order valence-electron chi connectivity index (χ3n) is 3.89. The van der Waals surface area contributed by atoms with Crippen molar-refractivity contribution in [1.82, 2.24) is 10.6 Å². The molecule has 4 nitrogen and oxygen atoms in total. The number of hydrogen-bond donors (Lipinski definition) is 3. The van der Waals surface area contributed by atoms with E-state index in [1.807, 2.05) is 6.07 Å². The Hall–Kier alpha value is -1.55. The average molecular weight is 275 g/mol. The first-order valence-electron chi connectivity index (χ1n) is 7.44. The van der Waals surface area contributed by atoms with Gasteiger partial charge in [-0.3, -0.25) is 4.79 Å². The van der Waals surface area contributed by atoms with Gasteiger partial charge in [0.15, 0.2) is 0 Å². The van der Waals surface area contributed by atoms with Gasteiger partial charge >= 0.3 is 0 Å². The van der Waals surface area contributed by atoms with E-state index < -0.39 is 0 Å². The van der Waals surface area contributed by atoms with Crippen molar-refractivity contribution in [2.24, 2.45) is 5.92 Å². The summed E-state index contributed by atoms with van der Waals surface area (Å²) in [5.41, 5.74) is 3.42. The summed E-state index contributed by atoms with van der Waals surface area (Å²) in [6.07, 6.45) is 2.42. The molecule has 1 atom stereocenters. The summed E-state index contributed by atoms with van der Waals surface area (Å²) in [6, 6.07) is 6.15. The average Bonchev–Trinajstić information content (AvgIpc) is 2.46. The highest BCUT2D eigenvalue weighted by Crippen LogP contribution is 2.18. The smallest absolute Gasteiger partial charge is 0.239 e. The third-order valence-corrected chi connectivity index (χ3v) is 3.89. The lowest BCUT2D eigenvalue weighted by molar-refractivity contribution is -0.119. The second kappa shape index (κ2) is 7.29. The van der Waals surface area contributed by atoms with Crippen LogP contribution in [0.2, 0.25) is 0 Å². The van der Waals surface area contributed by atoms with Crippen molar-refractivity contribution in [2.75, 3.05) is 31.5 Å². The summed E-state index contributed by atoms with van der Waals surface area (Å²) in [5, 5.41) is 9.63. The van der Waals surface area contributed by atoms with Crippen molar-refractivity contribution in [3.8, 4) is 0 Å². The molecule has 3 N–H and O–H groups in total. The van der Waals surface area contributed by atoms with E-state index in [0.29, 0.717) is 12.5 Å². The lowest BCUT2D eigenvalue weighted by Crippen LogP contribution is -2.39. The lowest BCUT2D eigenvalue weighted by Gasteiger charge is -2.23. The van der Waals surface area contributed by atoms with E-state index in [0.717, 1.165) is 25.3 Å². The maximum Gasteiger partial charge on any atom is 0.239 e. The Morgan fingerprint density at radius 2 is 2.10 bits per heavy atom. The Morgan fingerprint density at radius 3 is 2.75 bits per heavy atom. The first-order valence-corrected chi connectivity index (χ1v) is 7.44. The standard InChI is InChI=1S/C16H25N3O/c1-12-5-3-6-13(2)16(12)19-11-15(20)18-10-14-7-4-8-17-9-14/h3,5-6,14,17,19H,4,7-11H2,1-2H3,(H,18,20). The van der Waals surface area contributed by atoms with Gasteiger partial charge < -0.3 is 16.0 Å². The highest BCUT2D eigenvalue weighted by atomic mass is 16.1. The van der Waals surface area contributed by atoms with Crippen LogP contribution in [0.3, 0.4) is 0 Å². The number of amides is 1. The molecule has 0 radical (unpaired) electrons. The van der Waals surface area contributed by atoms with Gasteiger partial charge in [-0.2, -0.15) is 0 Å². The van der Waals surface area contributed by atoms with Crippen LogP contribution in [0.4, 0.5) is 5.69 Å². The summed E-state index contributed by atoms with van der Waals surface area (Å²) in [6.45, 7) is 7.36. The van der Waals surface area contributed by atoms with Gasteiger partial charge in [0.05, 0.1) is 6.54 Å². The van der Waals surface area contributed by atoms with E-state index >= 15 is 0 Å². The highest BCUT2D eigenvalue weighted by Gasteiger charge is 2.13. The number of carbonyl (C=O) groups excluding carboxylic acids is 1. The Balaban J connectivity index is 1.74. The summed E-state index contributed by atoms with van der Waals surface area (Å²) in [4.78, 5) is 11.9. The molecule has 0 aliphatic carbocycles. The number of para-hydroxylation sites is 1. The van der Waals surface area contributed by atoms with Crippen molar-refractivity contribution < 1.29 is 4.79 Å². The normalized spacial score (nSPS) is 18.6. The van der Waals surface area contributed by atoms with E-state index in [2.05, 4.69) is 41.9 Å². The van der Waals surface area contributed by atoms with Gasteiger partial charge in [0, 0.05) is 12.2 Å². The minimum Gasteiger partial charge on any atom is -0.376 e. The van der Waals surface area contributed by atoms with Crippen molar-refractivity contribution >= 4 is 11.6 Å². The fourth-order valence-corrected chi connectivity index (χ4v) is 2.68. The summed E-state index contributed by atoms with van der Waals surface area (Å²) in [5.74, 6) is 0.645. The van der Waals surface area contributed by atoms with Gasteiger partial charge in [0.2, 0.25) is 5.91 Å². The van der Waals surface area contributed by atoms with Crippen LogP contribution >= 0.6 is 0 Å². The minimum atomic E-state index is 0.0678. The molecule has 1 aromatic carbocycles. The molecule has 0 aromatic heterocycles. The number of rotatable bonds is 5. The van der Waals surface area contributed by atoms with Crippen LogP contribution in [0.15, 0.2) is 18.2 Å². The number of benzene rings is 1. The van der Waals surface area contributed by atoms with Crippen LogP contribution in [0.5, 0.6) is 0 Å². The van der Waals surface area contributed by atoms with Crippen LogP contribution in [0, 0.1) is 19.8 Å². The number of nitrogens with one attached hydrogen (secondary N) is 3. The first kappa shape index (κ1) is 14.9. The number of anilines is 1.